The molecule has 2 rings (SSSR count). The van der Waals surface area contributed by atoms with E-state index in [0.29, 0.717) is 12.8 Å². The number of carbonyl (C=O) groups is 2. The second kappa shape index (κ2) is 4.59. The predicted molar refractivity (Wildman–Crippen MR) is 60.1 cm³/mol. The first-order chi connectivity index (χ1) is 7.07. The maximum Gasteiger partial charge on any atom is 0.305 e. The topological polar surface area (TPSA) is 81.4 Å². The highest BCUT2D eigenvalue weighted by Gasteiger charge is 2.58. The number of nitrogens with two attached hydrogens (primary N) is 1. The third kappa shape index (κ3) is 2.30. The summed E-state index contributed by atoms with van der Waals surface area (Å²) in [7, 11) is 1.36. The molecule has 0 unspecified atom stereocenters. The molecule has 2 fully saturated rings. The Hall–Kier alpha value is -0.810. The summed E-state index contributed by atoms with van der Waals surface area (Å²) >= 11 is 0. The van der Waals surface area contributed by atoms with E-state index in [9.17, 15) is 9.59 Å². The van der Waals surface area contributed by atoms with Crippen LogP contribution in [0, 0.1) is 5.92 Å². The van der Waals surface area contributed by atoms with Gasteiger partial charge in [-0.1, -0.05) is 0 Å². The fourth-order valence-electron chi connectivity index (χ4n) is 2.27. The standard InChI is InChI=1S/C10H16N2O3.ClH/c1-15-8(13)3-2-6-4-10(5-7(10)11)12-9(6)14;/h6-7H,2-5,11H2,1H3,(H,12,14);1H/t6-,7-,10-;/m0./s1. The molecular weight excluding hydrogens is 232 g/mol. The zero-order chi connectivity index (χ0) is 11.1. The van der Waals surface area contributed by atoms with E-state index in [-0.39, 0.29) is 41.8 Å². The summed E-state index contributed by atoms with van der Waals surface area (Å²) in [5.74, 6) is -0.298. The molecule has 5 nitrogen and oxygen atoms in total. The second-order valence-corrected chi connectivity index (χ2v) is 4.47. The van der Waals surface area contributed by atoms with Crippen LogP contribution in [0.25, 0.3) is 0 Å². The van der Waals surface area contributed by atoms with Gasteiger partial charge >= 0.3 is 5.97 Å². The Kier molecular flexibility index (Phi) is 3.80. The molecule has 0 aromatic carbocycles. The second-order valence-electron chi connectivity index (χ2n) is 4.47. The summed E-state index contributed by atoms with van der Waals surface area (Å²) in [6, 6.07) is 0.101. The summed E-state index contributed by atoms with van der Waals surface area (Å²) in [4.78, 5) is 22.5. The molecular formula is C10H17ClN2O3. The Bertz CT molecular complexity index is 310. The van der Waals surface area contributed by atoms with Crippen molar-refractivity contribution in [3.63, 3.8) is 0 Å². The van der Waals surface area contributed by atoms with Crippen molar-refractivity contribution >= 4 is 24.3 Å². The maximum atomic E-state index is 11.6. The fraction of sp³-hybridized carbons (Fsp3) is 0.800. The minimum Gasteiger partial charge on any atom is -0.469 e. The summed E-state index contributed by atoms with van der Waals surface area (Å²) < 4.78 is 4.54. The van der Waals surface area contributed by atoms with Gasteiger partial charge in [0.05, 0.1) is 12.6 Å². The van der Waals surface area contributed by atoms with Gasteiger partial charge in [-0.05, 0) is 19.3 Å². The summed E-state index contributed by atoms with van der Waals surface area (Å²) in [5.41, 5.74) is 5.62. The van der Waals surface area contributed by atoms with Gasteiger partial charge in [0.15, 0.2) is 0 Å². The van der Waals surface area contributed by atoms with Crippen LogP contribution in [0.15, 0.2) is 0 Å². The predicted octanol–water partition coefficient (Wildman–Crippen LogP) is -0.0327. The van der Waals surface area contributed by atoms with E-state index in [2.05, 4.69) is 10.1 Å². The Morgan fingerprint density at radius 1 is 1.62 bits per heavy atom. The fourth-order valence-corrected chi connectivity index (χ4v) is 2.27. The quantitative estimate of drug-likeness (QED) is 0.687. The zero-order valence-corrected chi connectivity index (χ0v) is 10.0. The molecule has 3 atom stereocenters. The molecule has 6 heteroatoms. The van der Waals surface area contributed by atoms with Gasteiger partial charge in [-0.15, -0.1) is 12.4 Å². The average Bonchev–Trinajstić information content (AvgIpc) is 2.68. The van der Waals surface area contributed by atoms with Gasteiger partial charge in [0.25, 0.3) is 0 Å². The number of amides is 1. The van der Waals surface area contributed by atoms with Crippen LogP contribution in [0.3, 0.4) is 0 Å². The lowest BCUT2D eigenvalue weighted by Gasteiger charge is -2.06. The first-order valence-electron chi connectivity index (χ1n) is 5.22. The lowest BCUT2D eigenvalue weighted by molar-refractivity contribution is -0.141. The first kappa shape index (κ1) is 13.3. The van der Waals surface area contributed by atoms with E-state index in [1.807, 2.05) is 0 Å². The maximum absolute atomic E-state index is 11.6. The molecule has 1 saturated carbocycles. The van der Waals surface area contributed by atoms with Gasteiger partial charge in [0.1, 0.15) is 0 Å². The normalized spacial score (nSPS) is 35.5. The molecule has 0 aromatic rings. The summed E-state index contributed by atoms with van der Waals surface area (Å²) in [6.45, 7) is 0. The monoisotopic (exact) mass is 248 g/mol. The van der Waals surface area contributed by atoms with Crippen molar-refractivity contribution in [1.82, 2.24) is 5.32 Å². The minimum atomic E-state index is -0.260. The van der Waals surface area contributed by atoms with Gasteiger partial charge in [0, 0.05) is 18.4 Å². The van der Waals surface area contributed by atoms with Crippen molar-refractivity contribution < 1.29 is 14.3 Å². The average molecular weight is 249 g/mol. The highest BCUT2D eigenvalue weighted by atomic mass is 35.5. The van der Waals surface area contributed by atoms with Crippen LogP contribution in [0.2, 0.25) is 0 Å². The van der Waals surface area contributed by atoms with E-state index in [4.69, 9.17) is 5.73 Å². The largest absolute Gasteiger partial charge is 0.469 e. The van der Waals surface area contributed by atoms with E-state index < -0.39 is 0 Å². The van der Waals surface area contributed by atoms with Crippen molar-refractivity contribution in [2.45, 2.75) is 37.3 Å². The van der Waals surface area contributed by atoms with Crippen LogP contribution in [-0.2, 0) is 14.3 Å². The van der Waals surface area contributed by atoms with Crippen molar-refractivity contribution in [3.05, 3.63) is 0 Å². The molecule has 1 heterocycles. The third-order valence-electron chi connectivity index (χ3n) is 3.41. The summed E-state index contributed by atoms with van der Waals surface area (Å²) in [6.07, 6.45) is 2.50. The number of rotatable bonds is 3. The molecule has 1 aliphatic carbocycles. The number of ether oxygens (including phenoxy) is 1. The molecule has 3 N–H and O–H groups in total. The van der Waals surface area contributed by atoms with E-state index in [1.165, 1.54) is 7.11 Å². The van der Waals surface area contributed by atoms with Crippen LogP contribution in [-0.4, -0.2) is 30.6 Å². The summed E-state index contributed by atoms with van der Waals surface area (Å²) in [5, 5.41) is 2.93. The van der Waals surface area contributed by atoms with Crippen LogP contribution >= 0.6 is 12.4 Å². The highest BCUT2D eigenvalue weighted by molar-refractivity contribution is 5.85. The molecule has 0 radical (unpaired) electrons. The SMILES string of the molecule is COC(=O)CC[C@H]1C[C@@]2(C[C@@H]2N)NC1=O.Cl. The number of hydrogen-bond donors (Lipinski definition) is 2. The molecule has 1 amide bonds. The van der Waals surface area contributed by atoms with Gasteiger partial charge in [0.2, 0.25) is 5.91 Å². The number of methoxy groups -OCH3 is 1. The van der Waals surface area contributed by atoms with E-state index in [0.717, 1.165) is 12.8 Å². The minimum absolute atomic E-state index is 0. The van der Waals surface area contributed by atoms with Crippen LogP contribution < -0.4 is 11.1 Å². The third-order valence-corrected chi connectivity index (χ3v) is 3.41. The Morgan fingerprint density at radius 3 is 2.69 bits per heavy atom. The molecule has 0 bridgehead atoms. The van der Waals surface area contributed by atoms with E-state index in [1.54, 1.807) is 0 Å². The van der Waals surface area contributed by atoms with Crippen molar-refractivity contribution in [2.75, 3.05) is 7.11 Å². The Balaban J connectivity index is 0.00000128. The first-order valence-corrected chi connectivity index (χ1v) is 5.22. The van der Waals surface area contributed by atoms with Gasteiger partial charge in [-0.3, -0.25) is 9.59 Å². The molecule has 0 aromatic heterocycles. The van der Waals surface area contributed by atoms with Gasteiger partial charge < -0.3 is 15.8 Å². The highest BCUT2D eigenvalue weighted by Crippen LogP contribution is 2.45. The Labute approximate surface area is 100 Å². The lowest BCUT2D eigenvalue weighted by atomic mass is 9.98. The Morgan fingerprint density at radius 2 is 2.25 bits per heavy atom. The number of carbonyl (C=O) groups excluding carboxylic acids is 2. The smallest absolute Gasteiger partial charge is 0.305 e. The number of halogens is 1. The molecule has 1 aliphatic heterocycles. The molecule has 2 aliphatic rings. The van der Waals surface area contributed by atoms with Crippen molar-refractivity contribution in [3.8, 4) is 0 Å². The van der Waals surface area contributed by atoms with Crippen LogP contribution in [0.4, 0.5) is 0 Å². The zero-order valence-electron chi connectivity index (χ0n) is 9.19. The number of esters is 1. The van der Waals surface area contributed by atoms with Crippen LogP contribution in [0.5, 0.6) is 0 Å². The number of nitrogens with one attached hydrogen (secondary N) is 1. The lowest BCUT2D eigenvalue weighted by Crippen LogP contribution is -2.33. The van der Waals surface area contributed by atoms with Gasteiger partial charge in [-0.25, -0.2) is 0 Å². The van der Waals surface area contributed by atoms with Gasteiger partial charge in [-0.2, -0.15) is 0 Å². The number of hydrogen-bond acceptors (Lipinski definition) is 4. The van der Waals surface area contributed by atoms with Crippen molar-refractivity contribution in [2.24, 2.45) is 11.7 Å². The molecule has 1 spiro atoms. The molecule has 1 saturated heterocycles. The van der Waals surface area contributed by atoms with Crippen molar-refractivity contribution in [1.29, 1.82) is 0 Å². The molecule has 16 heavy (non-hydrogen) atoms. The van der Waals surface area contributed by atoms with Crippen LogP contribution in [0.1, 0.15) is 25.7 Å². The van der Waals surface area contributed by atoms with E-state index >= 15 is 0 Å². The molecule has 92 valence electrons.